The van der Waals surface area contributed by atoms with Crippen molar-refractivity contribution in [2.75, 3.05) is 18.2 Å². The van der Waals surface area contributed by atoms with Gasteiger partial charge in [-0.05, 0) is 18.2 Å². The van der Waals surface area contributed by atoms with Gasteiger partial charge >= 0.3 is 0 Å². The molecule has 0 aliphatic heterocycles. The number of anilines is 1. The van der Waals surface area contributed by atoms with Gasteiger partial charge in [-0.15, -0.1) is 10.2 Å². The molecule has 0 fully saturated rings. The molecule has 0 aliphatic rings. The quantitative estimate of drug-likeness (QED) is 0.806. The van der Waals surface area contributed by atoms with Crippen LogP contribution >= 0.6 is 23.4 Å². The van der Waals surface area contributed by atoms with Crippen LogP contribution in [0.2, 0.25) is 5.02 Å². The molecular weight excluding hydrogens is 336 g/mol. The van der Waals surface area contributed by atoms with Gasteiger partial charge in [-0.3, -0.25) is 4.79 Å². The van der Waals surface area contributed by atoms with Gasteiger partial charge in [-0.25, -0.2) is 0 Å². The van der Waals surface area contributed by atoms with E-state index in [0.29, 0.717) is 21.6 Å². The number of rotatable bonds is 6. The molecule has 0 saturated carbocycles. The second kappa shape index (κ2) is 7.70. The van der Waals surface area contributed by atoms with E-state index in [1.54, 1.807) is 25.3 Å². The molecule has 0 aliphatic carbocycles. The first kappa shape index (κ1) is 17.6. The van der Waals surface area contributed by atoms with Crippen LogP contribution < -0.4 is 10.1 Å². The van der Waals surface area contributed by atoms with E-state index in [2.05, 4.69) is 29.4 Å². The summed E-state index contributed by atoms with van der Waals surface area (Å²) in [6, 6.07) is 5.07. The van der Waals surface area contributed by atoms with Crippen molar-refractivity contribution >= 4 is 35.0 Å². The zero-order valence-electron chi connectivity index (χ0n) is 13.5. The zero-order valence-corrected chi connectivity index (χ0v) is 15.0. The highest BCUT2D eigenvalue weighted by Crippen LogP contribution is 2.28. The Morgan fingerprint density at radius 2 is 2.17 bits per heavy atom. The topological polar surface area (TPSA) is 69.0 Å². The van der Waals surface area contributed by atoms with Gasteiger partial charge in [0.1, 0.15) is 11.6 Å². The van der Waals surface area contributed by atoms with Crippen molar-refractivity contribution in [3.05, 3.63) is 29.0 Å². The molecule has 1 aromatic carbocycles. The van der Waals surface area contributed by atoms with Crippen LogP contribution in [0.1, 0.15) is 25.6 Å². The van der Waals surface area contributed by atoms with E-state index in [4.69, 9.17) is 16.3 Å². The lowest BCUT2D eigenvalue weighted by Gasteiger charge is -2.10. The molecule has 1 heterocycles. The molecule has 2 aromatic rings. The Hall–Kier alpha value is -1.73. The summed E-state index contributed by atoms with van der Waals surface area (Å²) in [5.74, 6) is 1.80. The maximum atomic E-state index is 12.1. The highest BCUT2D eigenvalue weighted by molar-refractivity contribution is 7.99. The Balaban J connectivity index is 2.00. The minimum atomic E-state index is -0.162. The van der Waals surface area contributed by atoms with E-state index >= 15 is 0 Å². The molecule has 23 heavy (non-hydrogen) atoms. The predicted molar refractivity (Wildman–Crippen MR) is 92.4 cm³/mol. The molecule has 0 radical (unpaired) electrons. The number of amides is 1. The lowest BCUT2D eigenvalue weighted by atomic mass is 10.2. The number of thioether (sulfide) groups is 1. The molecule has 8 heteroatoms. The second-order valence-electron chi connectivity index (χ2n) is 5.24. The molecule has 1 amide bonds. The summed E-state index contributed by atoms with van der Waals surface area (Å²) in [6.45, 7) is 4.10. The fraction of sp³-hybridized carbons (Fsp3) is 0.400. The van der Waals surface area contributed by atoms with Crippen LogP contribution in [-0.2, 0) is 11.8 Å². The fourth-order valence-electron chi connectivity index (χ4n) is 2.05. The average molecular weight is 355 g/mol. The van der Waals surface area contributed by atoms with Gasteiger partial charge in [0.25, 0.3) is 0 Å². The van der Waals surface area contributed by atoms with Crippen LogP contribution in [0.15, 0.2) is 23.4 Å². The number of hydrogen-bond acceptors (Lipinski definition) is 5. The number of carbonyl (C=O) groups excluding carboxylic acids is 1. The molecular formula is C15H19ClN4O2S. The van der Waals surface area contributed by atoms with E-state index in [1.807, 2.05) is 11.6 Å². The molecule has 0 spiro atoms. The summed E-state index contributed by atoms with van der Waals surface area (Å²) in [7, 11) is 3.44. The summed E-state index contributed by atoms with van der Waals surface area (Å²) in [4.78, 5) is 12.1. The molecule has 2 rings (SSSR count). The number of halogens is 1. The van der Waals surface area contributed by atoms with Crippen molar-refractivity contribution < 1.29 is 9.53 Å². The number of ether oxygens (including phenoxy) is 1. The van der Waals surface area contributed by atoms with Gasteiger partial charge in [-0.1, -0.05) is 37.2 Å². The minimum Gasteiger partial charge on any atom is -0.495 e. The Labute approximate surface area is 144 Å². The van der Waals surface area contributed by atoms with Crippen LogP contribution in [-0.4, -0.2) is 33.5 Å². The number of nitrogens with zero attached hydrogens (tertiary/aromatic N) is 3. The van der Waals surface area contributed by atoms with Gasteiger partial charge in [0.15, 0.2) is 5.16 Å². The number of aromatic nitrogens is 3. The molecule has 0 bridgehead atoms. The molecule has 1 aromatic heterocycles. The lowest BCUT2D eigenvalue weighted by Crippen LogP contribution is -2.15. The monoisotopic (exact) mass is 354 g/mol. The molecule has 0 atom stereocenters. The predicted octanol–water partition coefficient (Wildman–Crippen LogP) is 3.33. The summed E-state index contributed by atoms with van der Waals surface area (Å²) in [5.41, 5.74) is 0.548. The van der Waals surface area contributed by atoms with Gasteiger partial charge in [0.05, 0.1) is 18.6 Å². The normalized spacial score (nSPS) is 10.9. The summed E-state index contributed by atoms with van der Waals surface area (Å²) >= 11 is 7.28. The summed E-state index contributed by atoms with van der Waals surface area (Å²) in [6.07, 6.45) is 0. The highest BCUT2D eigenvalue weighted by Gasteiger charge is 2.14. The maximum Gasteiger partial charge on any atom is 0.234 e. The van der Waals surface area contributed by atoms with Crippen LogP contribution in [0.4, 0.5) is 5.69 Å². The third-order valence-corrected chi connectivity index (χ3v) is 4.41. The van der Waals surface area contributed by atoms with Gasteiger partial charge < -0.3 is 14.6 Å². The summed E-state index contributed by atoms with van der Waals surface area (Å²) < 4.78 is 7.11. The van der Waals surface area contributed by atoms with Crippen LogP contribution in [0.3, 0.4) is 0 Å². The van der Waals surface area contributed by atoms with E-state index in [1.165, 1.54) is 11.8 Å². The first-order valence-corrected chi connectivity index (χ1v) is 8.44. The zero-order chi connectivity index (χ0) is 17.0. The molecule has 0 saturated heterocycles. The van der Waals surface area contributed by atoms with E-state index in [-0.39, 0.29) is 17.6 Å². The van der Waals surface area contributed by atoms with E-state index in [9.17, 15) is 4.79 Å². The van der Waals surface area contributed by atoms with Crippen molar-refractivity contribution in [1.29, 1.82) is 0 Å². The van der Waals surface area contributed by atoms with Gasteiger partial charge in [0.2, 0.25) is 5.91 Å². The van der Waals surface area contributed by atoms with Crippen molar-refractivity contribution in [2.45, 2.75) is 24.9 Å². The van der Waals surface area contributed by atoms with Crippen molar-refractivity contribution in [3.63, 3.8) is 0 Å². The fourth-order valence-corrected chi connectivity index (χ4v) is 2.94. The summed E-state index contributed by atoms with van der Waals surface area (Å²) in [5, 5.41) is 12.3. The number of hydrogen-bond donors (Lipinski definition) is 1. The third-order valence-electron chi connectivity index (χ3n) is 3.15. The van der Waals surface area contributed by atoms with Crippen LogP contribution in [0.5, 0.6) is 5.75 Å². The van der Waals surface area contributed by atoms with Crippen molar-refractivity contribution in [3.8, 4) is 5.75 Å². The SMILES string of the molecule is COc1ccc(Cl)cc1NC(=O)CSc1nnc(C(C)C)n1C. The smallest absolute Gasteiger partial charge is 0.234 e. The third kappa shape index (κ3) is 4.39. The first-order chi connectivity index (χ1) is 10.9. The second-order valence-corrected chi connectivity index (χ2v) is 6.61. The van der Waals surface area contributed by atoms with E-state index < -0.39 is 0 Å². The lowest BCUT2D eigenvalue weighted by molar-refractivity contribution is -0.113. The maximum absolute atomic E-state index is 12.1. The van der Waals surface area contributed by atoms with Gasteiger partial charge in [0, 0.05) is 18.0 Å². The Bertz CT molecular complexity index is 703. The average Bonchev–Trinajstić information content (AvgIpc) is 2.86. The number of methoxy groups -OCH3 is 1. The number of carbonyl (C=O) groups is 1. The number of nitrogens with one attached hydrogen (secondary N) is 1. The van der Waals surface area contributed by atoms with E-state index in [0.717, 1.165) is 5.82 Å². The Morgan fingerprint density at radius 1 is 1.43 bits per heavy atom. The molecule has 1 N–H and O–H groups in total. The van der Waals surface area contributed by atoms with Crippen LogP contribution in [0, 0.1) is 0 Å². The molecule has 6 nitrogen and oxygen atoms in total. The largest absolute Gasteiger partial charge is 0.495 e. The first-order valence-electron chi connectivity index (χ1n) is 7.07. The van der Waals surface area contributed by atoms with Crippen molar-refractivity contribution in [1.82, 2.24) is 14.8 Å². The number of benzene rings is 1. The Morgan fingerprint density at radius 3 is 2.78 bits per heavy atom. The van der Waals surface area contributed by atoms with Crippen LogP contribution in [0.25, 0.3) is 0 Å². The minimum absolute atomic E-state index is 0.162. The molecule has 0 unspecified atom stereocenters. The Kier molecular flexibility index (Phi) is 5.90. The standard InChI is InChI=1S/C15H19ClN4O2S/c1-9(2)14-18-19-15(20(14)3)23-8-13(21)17-11-7-10(16)5-6-12(11)22-4/h5-7,9H,8H2,1-4H3,(H,17,21). The highest BCUT2D eigenvalue weighted by atomic mass is 35.5. The van der Waals surface area contributed by atoms with Crippen molar-refractivity contribution in [2.24, 2.45) is 7.05 Å². The van der Waals surface area contributed by atoms with Gasteiger partial charge in [-0.2, -0.15) is 0 Å². The molecule has 124 valence electrons.